The third-order valence-electron chi connectivity index (χ3n) is 5.49. The summed E-state index contributed by atoms with van der Waals surface area (Å²) in [4.78, 5) is 4.12. The van der Waals surface area contributed by atoms with Crippen molar-refractivity contribution in [2.75, 3.05) is 0 Å². The Morgan fingerprint density at radius 3 is 0.936 bits per heavy atom. The SMILES string of the molecule is Cc1ccc([S+](c2ccc(C)cc2)c2ccc(C)cc2)cc1.O=S(=O)(O)C(F)(F)F.O=S(=O)([O-])C(F)(F)C(F)(F)C(F)(F)C(F)(F)F. The van der Waals surface area contributed by atoms with Gasteiger partial charge in [-0.15, -0.1) is 0 Å². The molecule has 3 aromatic rings. The van der Waals surface area contributed by atoms with E-state index >= 15 is 0 Å². The Balaban J connectivity index is 0.000000393. The molecule has 0 radical (unpaired) electrons. The van der Waals surface area contributed by atoms with Crippen LogP contribution in [0.15, 0.2) is 87.5 Å². The molecule has 0 saturated heterocycles. The van der Waals surface area contributed by atoms with Gasteiger partial charge in [-0.2, -0.15) is 61.1 Å². The summed E-state index contributed by atoms with van der Waals surface area (Å²) in [5.41, 5.74) is -1.62. The third-order valence-corrected chi connectivity index (χ3v) is 9.19. The van der Waals surface area contributed by atoms with Crippen molar-refractivity contribution in [1.82, 2.24) is 0 Å². The molecule has 6 nitrogen and oxygen atoms in total. The minimum Gasteiger partial charge on any atom is -0.743 e. The highest BCUT2D eigenvalue weighted by Crippen LogP contribution is 2.54. The number of halogens is 12. The molecule has 3 rings (SSSR count). The van der Waals surface area contributed by atoms with E-state index in [9.17, 15) is 65.7 Å². The van der Waals surface area contributed by atoms with Crippen molar-refractivity contribution < 1.29 is 78.6 Å². The van der Waals surface area contributed by atoms with E-state index in [0.717, 1.165) is 0 Å². The van der Waals surface area contributed by atoms with Gasteiger partial charge < -0.3 is 4.55 Å². The Bertz CT molecular complexity index is 1580. The second-order valence-corrected chi connectivity index (χ2v) is 14.1. The van der Waals surface area contributed by atoms with E-state index in [1.54, 1.807) is 0 Å². The molecule has 0 unspecified atom stereocenters. The van der Waals surface area contributed by atoms with Gasteiger partial charge in [0.15, 0.2) is 24.8 Å². The molecule has 0 aliphatic carbocycles. The van der Waals surface area contributed by atoms with E-state index < -0.39 is 49.0 Å². The van der Waals surface area contributed by atoms with E-state index in [2.05, 4.69) is 93.6 Å². The van der Waals surface area contributed by atoms with Gasteiger partial charge in [-0.05, 0) is 57.2 Å². The lowest BCUT2D eigenvalue weighted by Crippen LogP contribution is -2.63. The lowest BCUT2D eigenvalue weighted by atomic mass is 10.1. The van der Waals surface area contributed by atoms with Crippen LogP contribution in [0.5, 0.6) is 0 Å². The number of rotatable bonds is 6. The van der Waals surface area contributed by atoms with Gasteiger partial charge in [0, 0.05) is 0 Å². The summed E-state index contributed by atoms with van der Waals surface area (Å²) in [6.45, 7) is 6.42. The van der Waals surface area contributed by atoms with Crippen LogP contribution in [0.4, 0.5) is 52.7 Å². The first kappa shape index (κ1) is 42.0. The van der Waals surface area contributed by atoms with Gasteiger partial charge in [-0.1, -0.05) is 53.1 Å². The van der Waals surface area contributed by atoms with Crippen LogP contribution in [0.3, 0.4) is 0 Å². The van der Waals surface area contributed by atoms with E-state index in [4.69, 9.17) is 13.0 Å². The average molecular weight is 755 g/mol. The highest BCUT2D eigenvalue weighted by atomic mass is 32.2. The van der Waals surface area contributed by atoms with Crippen LogP contribution in [0.25, 0.3) is 0 Å². The molecule has 1 N–H and O–H groups in total. The first-order valence-electron chi connectivity index (χ1n) is 12.0. The number of aryl methyl sites for hydroxylation is 3. The highest BCUT2D eigenvalue weighted by Gasteiger charge is 2.83. The van der Waals surface area contributed by atoms with E-state index in [1.165, 1.54) is 31.4 Å². The van der Waals surface area contributed by atoms with Gasteiger partial charge in [0.1, 0.15) is 0 Å². The summed E-state index contributed by atoms with van der Waals surface area (Å²) in [5, 5.41) is -7.11. The van der Waals surface area contributed by atoms with Gasteiger partial charge in [0.05, 0.1) is 10.9 Å². The molecule has 0 saturated carbocycles. The number of hydrogen-bond donors (Lipinski definition) is 1. The molecule has 3 aromatic carbocycles. The summed E-state index contributed by atoms with van der Waals surface area (Å²) < 4.78 is 193. The van der Waals surface area contributed by atoms with Crippen molar-refractivity contribution in [3.63, 3.8) is 0 Å². The summed E-state index contributed by atoms with van der Waals surface area (Å²) >= 11 is 0. The first-order chi connectivity index (χ1) is 20.9. The highest BCUT2D eigenvalue weighted by molar-refractivity contribution is 7.97. The lowest BCUT2D eigenvalue weighted by molar-refractivity contribution is -0.382. The number of benzene rings is 3. The summed E-state index contributed by atoms with van der Waals surface area (Å²) in [6, 6.07) is 26.8. The van der Waals surface area contributed by atoms with Crippen LogP contribution in [0, 0.1) is 20.8 Å². The van der Waals surface area contributed by atoms with Crippen LogP contribution in [-0.4, -0.2) is 54.7 Å². The maximum Gasteiger partial charge on any atom is 0.522 e. The standard InChI is InChI=1S/C21H21S.C4HF9O3S.CHF3O3S/c1-16-4-10-19(11-5-16)22(20-12-6-17(2)7-13-20)21-14-8-18(3)9-15-21;5-1(6,3(9,10)11)2(7,8)4(12,13)17(14,15)16;2-1(3,4)8(5,6)7/h4-15H,1-3H3;(H,14,15,16);(H,5,6,7)/q+1;;/p-1. The van der Waals surface area contributed by atoms with Crippen LogP contribution in [0.1, 0.15) is 16.7 Å². The maximum absolute atomic E-state index is 12.2. The van der Waals surface area contributed by atoms with Gasteiger partial charge in [-0.25, -0.2) is 8.42 Å². The molecule has 0 bridgehead atoms. The largest absolute Gasteiger partial charge is 0.743 e. The molecular weight excluding hydrogens is 732 g/mol. The summed E-state index contributed by atoms with van der Waals surface area (Å²) in [5.74, 6) is -14.8. The second kappa shape index (κ2) is 14.6. The zero-order valence-electron chi connectivity index (χ0n) is 23.7. The quantitative estimate of drug-likeness (QED) is 0.118. The molecule has 0 aliphatic heterocycles. The molecule has 264 valence electrons. The Kier molecular flexibility index (Phi) is 13.1. The van der Waals surface area contributed by atoms with Gasteiger partial charge >= 0.3 is 38.9 Å². The Morgan fingerprint density at radius 1 is 0.532 bits per heavy atom. The smallest absolute Gasteiger partial charge is 0.522 e. The Labute approximate surface area is 263 Å². The van der Waals surface area contributed by atoms with Gasteiger partial charge in [-0.3, -0.25) is 4.55 Å². The molecule has 0 amide bonds. The molecule has 0 fully saturated rings. The fraction of sp³-hybridized carbons (Fsp3) is 0.308. The zero-order chi connectivity index (χ0) is 37.0. The summed E-state index contributed by atoms with van der Waals surface area (Å²) in [6.07, 6.45) is -7.16. The Morgan fingerprint density at radius 2 is 0.766 bits per heavy atom. The second-order valence-electron chi connectivity index (χ2n) is 9.28. The predicted octanol–water partition coefficient (Wildman–Crippen LogP) is 8.06. The number of alkyl halides is 12. The monoisotopic (exact) mass is 754 g/mol. The van der Waals surface area contributed by atoms with Crippen LogP contribution < -0.4 is 0 Å². The third kappa shape index (κ3) is 10.2. The minimum atomic E-state index is -7.43. The maximum atomic E-state index is 12.2. The van der Waals surface area contributed by atoms with Crippen molar-refractivity contribution in [3.05, 3.63) is 89.5 Å². The molecule has 47 heavy (non-hydrogen) atoms. The molecule has 21 heteroatoms. The van der Waals surface area contributed by atoms with Crippen LogP contribution >= 0.6 is 0 Å². The normalized spacial score (nSPS) is 13.3. The first-order valence-corrected chi connectivity index (χ1v) is 16.1. The fourth-order valence-corrected chi connectivity index (χ4v) is 5.43. The Hall–Kier alpha value is -3.01. The van der Waals surface area contributed by atoms with Gasteiger partial charge in [0.25, 0.3) is 0 Å². The lowest BCUT2D eigenvalue weighted by Gasteiger charge is -2.34. The molecule has 0 atom stereocenters. The van der Waals surface area contributed by atoms with Crippen molar-refractivity contribution in [3.8, 4) is 0 Å². The molecule has 0 heterocycles. The van der Waals surface area contributed by atoms with Crippen LogP contribution in [-0.2, 0) is 31.1 Å². The topological polar surface area (TPSA) is 112 Å². The summed E-state index contributed by atoms with van der Waals surface area (Å²) in [7, 11) is -13.3. The van der Waals surface area contributed by atoms with Crippen LogP contribution in [0.2, 0.25) is 0 Å². The molecular formula is C26H22F12O6S3. The average Bonchev–Trinajstić information content (AvgIpc) is 2.90. The predicted molar refractivity (Wildman–Crippen MR) is 144 cm³/mol. The van der Waals surface area contributed by atoms with E-state index in [1.807, 2.05) is 0 Å². The van der Waals surface area contributed by atoms with Crippen molar-refractivity contribution in [2.24, 2.45) is 0 Å². The van der Waals surface area contributed by atoms with E-state index in [-0.39, 0.29) is 10.9 Å². The van der Waals surface area contributed by atoms with E-state index in [0.29, 0.717) is 0 Å². The molecule has 0 aromatic heterocycles. The zero-order valence-corrected chi connectivity index (χ0v) is 26.1. The fourth-order valence-electron chi connectivity index (χ4n) is 2.95. The number of hydrogen-bond acceptors (Lipinski definition) is 5. The van der Waals surface area contributed by atoms with Crippen molar-refractivity contribution in [2.45, 2.75) is 64.2 Å². The minimum absolute atomic E-state index is 0.0394. The molecule has 0 spiro atoms. The van der Waals surface area contributed by atoms with Crippen molar-refractivity contribution >= 4 is 31.1 Å². The molecule has 0 aliphatic rings. The van der Waals surface area contributed by atoms with Crippen molar-refractivity contribution in [1.29, 1.82) is 0 Å². The van der Waals surface area contributed by atoms with Gasteiger partial charge in [0.2, 0.25) is 0 Å².